The lowest BCUT2D eigenvalue weighted by atomic mass is 9.44. The largest absolute Gasteiger partial charge is 0.311 e. The Morgan fingerprint density at radius 1 is 0.500 bits per heavy atom. The first kappa shape index (κ1) is 21.7. The van der Waals surface area contributed by atoms with Crippen molar-refractivity contribution in [2.45, 2.75) is 31.7 Å². The molecule has 16 aliphatic rings. The van der Waals surface area contributed by atoms with Crippen molar-refractivity contribution in [2.75, 3.05) is 0 Å². The fourth-order valence-corrected chi connectivity index (χ4v) is 22.1. The summed E-state index contributed by atoms with van der Waals surface area (Å²) in [5, 5.41) is 11.0. The summed E-state index contributed by atoms with van der Waals surface area (Å²) in [5.41, 5.74) is 7.76. The molecule has 0 aromatic rings. The van der Waals surface area contributed by atoms with E-state index in [1.807, 2.05) is 5.57 Å². The van der Waals surface area contributed by atoms with Crippen molar-refractivity contribution >= 4 is 0 Å². The Balaban J connectivity index is 1.10. The summed E-state index contributed by atoms with van der Waals surface area (Å²) in [5.74, 6) is 22.4. The van der Waals surface area contributed by atoms with Crippen molar-refractivity contribution in [1.82, 2.24) is 0 Å². The Hall–Kier alpha value is -2.06. The summed E-state index contributed by atoms with van der Waals surface area (Å²) < 4.78 is 0. The number of rotatable bonds is 0. The topological polar surface area (TPSA) is 28.1 Å². The van der Waals surface area contributed by atoms with Crippen molar-refractivity contribution in [2.24, 2.45) is 160 Å². The maximum Gasteiger partial charge on any atom is 0.246 e. The van der Waals surface area contributed by atoms with E-state index in [1.165, 1.54) is 12.8 Å². The zero-order valence-electron chi connectivity index (χ0n) is 25.2. The summed E-state index contributed by atoms with van der Waals surface area (Å²) in [6, 6.07) is 2.87. The molecule has 10 saturated carbocycles. The minimum absolute atomic E-state index is 0.0653. The number of hydrogen-bond donors (Lipinski definition) is 0. The van der Waals surface area contributed by atoms with Crippen molar-refractivity contribution in [3.63, 3.8) is 0 Å². The quantitative estimate of drug-likeness (QED) is 0.229. The van der Waals surface area contributed by atoms with Gasteiger partial charge in [0.1, 0.15) is 5.92 Å². The van der Waals surface area contributed by atoms with E-state index in [9.17, 15) is 5.26 Å². The number of hydrogen-bond acceptors (Lipinski definition) is 1. The second kappa shape index (κ2) is 6.05. The van der Waals surface area contributed by atoms with Gasteiger partial charge in [-0.15, -0.1) is 0 Å². The number of fused-ring (bicyclic) bond motifs is 5. The molecule has 2 heteroatoms. The van der Waals surface area contributed by atoms with Crippen molar-refractivity contribution in [3.8, 4) is 6.07 Å². The molecule has 0 radical (unpaired) electrons. The molecule has 0 aromatic heterocycles. The Bertz CT molecular complexity index is 1830. The molecule has 0 aliphatic heterocycles. The first-order valence-electron chi connectivity index (χ1n) is 19.4. The third-order valence-corrected chi connectivity index (χ3v) is 21.1. The SMILES string of the molecule is [C-]#[N+]C1C(C#N)C2=C3C4C5C6=C7C8C(C=CC2C84)C2C=CC4C8CCC9C%10CCC%11C1C3C1C%11C%10C3C9C8C(C6C3C51)C4C72. The van der Waals surface area contributed by atoms with E-state index in [0.717, 1.165) is 130 Å². The average Bonchev–Trinajstić information content (AvgIpc) is 3.87. The van der Waals surface area contributed by atoms with Crippen molar-refractivity contribution in [1.29, 1.82) is 5.26 Å². The minimum Gasteiger partial charge on any atom is -0.311 e. The van der Waals surface area contributed by atoms with E-state index < -0.39 is 0 Å². The van der Waals surface area contributed by atoms with E-state index in [1.54, 1.807) is 18.4 Å². The zero-order valence-corrected chi connectivity index (χ0v) is 25.2. The van der Waals surface area contributed by atoms with Crippen LogP contribution in [0.15, 0.2) is 46.6 Å². The van der Waals surface area contributed by atoms with Gasteiger partial charge in [-0.25, -0.2) is 6.57 Å². The standard InChI is InChI=1S/C42H40N2/c1-44-42-19(10-43)20-17-8-6-15-13-4-2-11-12-3-5-14-16-7-9-18-28-26(16)33-24(14)22(12)31-21(11)23(13)32-25(15)27(17)34-30(20)36(29(18)42)35(28)41-39(33)37(31)38(32)40(34)41/h2,4,6,8,11-19,21-29,31,33-37,39-42H,3,5,7,9H2. The molecule has 28 unspecified atom stereocenters. The average molecular weight is 573 g/mol. The third kappa shape index (κ3) is 1.61. The van der Waals surface area contributed by atoms with Gasteiger partial charge in [0.25, 0.3) is 0 Å². The molecule has 0 aromatic carbocycles. The van der Waals surface area contributed by atoms with Gasteiger partial charge in [-0.3, -0.25) is 0 Å². The van der Waals surface area contributed by atoms with E-state index >= 15 is 0 Å². The van der Waals surface area contributed by atoms with E-state index in [4.69, 9.17) is 6.57 Å². The van der Waals surface area contributed by atoms with Crippen LogP contribution in [-0.2, 0) is 0 Å². The van der Waals surface area contributed by atoms with Gasteiger partial charge in [0.05, 0.1) is 6.07 Å². The number of nitriles is 1. The minimum atomic E-state index is -0.132. The highest BCUT2D eigenvalue weighted by molar-refractivity contribution is 5.58. The molecule has 218 valence electrons. The van der Waals surface area contributed by atoms with E-state index in [2.05, 4.69) is 46.4 Å². The van der Waals surface area contributed by atoms with Crippen LogP contribution < -0.4 is 0 Å². The fraction of sp³-hybridized carbons (Fsp3) is 0.762. The number of nitrogens with zero attached hydrogens (tertiary/aromatic N) is 2. The first-order chi connectivity index (χ1) is 21.8. The molecular formula is C42H40N2. The second-order valence-electron chi connectivity index (χ2n) is 20.0. The van der Waals surface area contributed by atoms with Gasteiger partial charge in [0.2, 0.25) is 6.04 Å². The molecule has 0 spiro atoms. The lowest BCUT2D eigenvalue weighted by Crippen LogP contribution is -2.57. The molecule has 0 N–H and O–H groups in total. The van der Waals surface area contributed by atoms with Crippen LogP contribution in [0.3, 0.4) is 0 Å². The summed E-state index contributed by atoms with van der Waals surface area (Å²) in [7, 11) is 0. The van der Waals surface area contributed by atoms with Crippen LogP contribution in [-0.4, -0.2) is 6.04 Å². The fourth-order valence-electron chi connectivity index (χ4n) is 22.1. The molecule has 0 bridgehead atoms. The van der Waals surface area contributed by atoms with Gasteiger partial charge in [-0.1, -0.05) is 41.0 Å². The van der Waals surface area contributed by atoms with Crippen LogP contribution in [0.5, 0.6) is 0 Å². The summed E-state index contributed by atoms with van der Waals surface area (Å²) in [6.45, 7) is 8.73. The number of allylic oxidation sites excluding steroid dienone is 7. The van der Waals surface area contributed by atoms with Crippen LogP contribution in [0.25, 0.3) is 4.85 Å². The van der Waals surface area contributed by atoms with Gasteiger partial charge in [0.15, 0.2) is 0 Å². The second-order valence-corrected chi connectivity index (χ2v) is 20.0. The Morgan fingerprint density at radius 2 is 1.05 bits per heavy atom. The molecule has 0 saturated heterocycles. The van der Waals surface area contributed by atoms with Crippen molar-refractivity contribution in [3.05, 3.63) is 58.0 Å². The van der Waals surface area contributed by atoms with Gasteiger partial charge < -0.3 is 4.85 Å². The first-order valence-corrected chi connectivity index (χ1v) is 19.4. The Labute approximate surface area is 260 Å². The zero-order chi connectivity index (χ0) is 27.5. The smallest absolute Gasteiger partial charge is 0.246 e. The van der Waals surface area contributed by atoms with Crippen LogP contribution >= 0.6 is 0 Å². The van der Waals surface area contributed by atoms with Gasteiger partial charge in [-0.2, -0.15) is 5.26 Å². The predicted molar refractivity (Wildman–Crippen MR) is 161 cm³/mol. The van der Waals surface area contributed by atoms with Gasteiger partial charge in [0, 0.05) is 11.8 Å². The molecule has 0 heterocycles. The Kier molecular flexibility index (Phi) is 2.98. The lowest BCUT2D eigenvalue weighted by molar-refractivity contribution is -0.127. The van der Waals surface area contributed by atoms with Crippen LogP contribution in [0.2, 0.25) is 0 Å². The van der Waals surface area contributed by atoms with Crippen LogP contribution in [0.4, 0.5) is 0 Å². The highest BCUT2D eigenvalue weighted by Crippen LogP contribution is 2.90. The molecule has 28 atom stereocenters. The summed E-state index contributed by atoms with van der Waals surface area (Å²) >= 11 is 0. The molecule has 0 amide bonds. The highest BCUT2D eigenvalue weighted by Gasteiger charge is 2.86. The van der Waals surface area contributed by atoms with Gasteiger partial charge in [-0.05, 0) is 173 Å². The van der Waals surface area contributed by atoms with E-state index in [-0.39, 0.29) is 12.0 Å². The third-order valence-electron chi connectivity index (χ3n) is 21.1. The van der Waals surface area contributed by atoms with Crippen molar-refractivity contribution < 1.29 is 0 Å². The lowest BCUT2D eigenvalue weighted by Gasteiger charge is -2.60. The Morgan fingerprint density at radius 3 is 1.86 bits per heavy atom. The maximum absolute atomic E-state index is 11.0. The normalized spacial score (nSPS) is 75.9. The van der Waals surface area contributed by atoms with E-state index in [0.29, 0.717) is 23.7 Å². The summed E-state index contributed by atoms with van der Waals surface area (Å²) in [6.07, 6.45) is 17.2. The molecule has 2 nitrogen and oxygen atoms in total. The monoisotopic (exact) mass is 572 g/mol. The van der Waals surface area contributed by atoms with Crippen LogP contribution in [0, 0.1) is 178 Å². The molecule has 16 rings (SSSR count). The molecule has 44 heavy (non-hydrogen) atoms. The van der Waals surface area contributed by atoms with Gasteiger partial charge >= 0.3 is 0 Å². The molecule has 10 fully saturated rings. The maximum atomic E-state index is 11.0. The predicted octanol–water partition coefficient (Wildman–Crippen LogP) is 6.92. The van der Waals surface area contributed by atoms with Crippen LogP contribution in [0.1, 0.15) is 25.7 Å². The summed E-state index contributed by atoms with van der Waals surface area (Å²) in [4.78, 5) is 4.58. The highest BCUT2D eigenvalue weighted by atomic mass is 14.9. The molecular weight excluding hydrogens is 532 g/mol. The molecule has 16 aliphatic carbocycles.